The van der Waals surface area contributed by atoms with Gasteiger partial charge in [-0.2, -0.15) is 0 Å². The fraction of sp³-hybridized carbons (Fsp3) is 0.316. The zero-order chi connectivity index (χ0) is 16.1. The first kappa shape index (κ1) is 16.1. The van der Waals surface area contributed by atoms with E-state index in [2.05, 4.69) is 5.32 Å². The Morgan fingerprint density at radius 1 is 1.04 bits per heavy atom. The summed E-state index contributed by atoms with van der Waals surface area (Å²) in [6.45, 7) is 0.316. The van der Waals surface area contributed by atoms with E-state index in [1.165, 1.54) is 16.0 Å². The van der Waals surface area contributed by atoms with Crippen molar-refractivity contribution in [3.8, 4) is 0 Å². The molecule has 0 saturated heterocycles. The number of hydrogen-bond donors (Lipinski definition) is 2. The van der Waals surface area contributed by atoms with E-state index in [0.717, 1.165) is 5.75 Å². The van der Waals surface area contributed by atoms with E-state index in [9.17, 15) is 9.90 Å². The summed E-state index contributed by atoms with van der Waals surface area (Å²) in [5, 5.41) is 13.5. The maximum absolute atomic E-state index is 12.0. The van der Waals surface area contributed by atoms with Crippen molar-refractivity contribution in [2.24, 2.45) is 0 Å². The van der Waals surface area contributed by atoms with Crippen LogP contribution in [-0.4, -0.2) is 28.9 Å². The van der Waals surface area contributed by atoms with Crippen LogP contribution in [0.4, 0.5) is 0 Å². The van der Waals surface area contributed by atoms with Crippen molar-refractivity contribution in [1.82, 2.24) is 5.32 Å². The molecule has 3 rings (SSSR count). The fourth-order valence-electron chi connectivity index (χ4n) is 2.93. The molecule has 3 nitrogen and oxygen atoms in total. The number of nitrogens with one attached hydrogen (secondary N) is 1. The van der Waals surface area contributed by atoms with Gasteiger partial charge in [0, 0.05) is 36.5 Å². The standard InChI is InChI=1S/C19H21NO2S/c21-18(10-11-23-17-8-2-1-3-9-17)20-14-19(22)12-15-6-4-5-7-16(15)13-19/h1-9,22H,10-14H2,(H,20,21). The lowest BCUT2D eigenvalue weighted by Crippen LogP contribution is -2.43. The predicted octanol–water partition coefficient (Wildman–Crippen LogP) is 2.81. The van der Waals surface area contributed by atoms with E-state index in [1.54, 1.807) is 11.8 Å². The van der Waals surface area contributed by atoms with Gasteiger partial charge in [0.1, 0.15) is 0 Å². The molecule has 1 aliphatic rings. The largest absolute Gasteiger partial charge is 0.387 e. The monoisotopic (exact) mass is 327 g/mol. The van der Waals surface area contributed by atoms with Gasteiger partial charge in [0.25, 0.3) is 0 Å². The summed E-state index contributed by atoms with van der Waals surface area (Å²) in [6.07, 6.45) is 1.69. The molecular weight excluding hydrogens is 306 g/mol. The van der Waals surface area contributed by atoms with Crippen molar-refractivity contribution in [2.75, 3.05) is 12.3 Å². The second kappa shape index (κ2) is 7.20. The lowest BCUT2D eigenvalue weighted by Gasteiger charge is -2.22. The number of amides is 1. The molecule has 2 N–H and O–H groups in total. The Kier molecular flexibility index (Phi) is 5.03. The molecule has 2 aromatic rings. The van der Waals surface area contributed by atoms with Crippen LogP contribution in [0.25, 0.3) is 0 Å². The molecule has 0 aromatic heterocycles. The maximum Gasteiger partial charge on any atom is 0.220 e. The molecule has 0 unspecified atom stereocenters. The van der Waals surface area contributed by atoms with Gasteiger partial charge in [0.05, 0.1) is 5.60 Å². The molecule has 4 heteroatoms. The molecule has 2 aromatic carbocycles. The SMILES string of the molecule is O=C(CCSc1ccccc1)NCC1(O)Cc2ccccc2C1. The Bertz CT molecular complexity index is 647. The minimum atomic E-state index is -0.841. The quantitative estimate of drug-likeness (QED) is 0.802. The Hall–Kier alpha value is -1.78. The highest BCUT2D eigenvalue weighted by Gasteiger charge is 2.34. The van der Waals surface area contributed by atoms with Crippen LogP contribution in [0.2, 0.25) is 0 Å². The third-order valence-corrected chi connectivity index (χ3v) is 5.13. The average Bonchev–Trinajstić information content (AvgIpc) is 2.91. The molecular formula is C19H21NO2S. The zero-order valence-corrected chi connectivity index (χ0v) is 13.8. The third-order valence-electron chi connectivity index (χ3n) is 4.11. The molecule has 1 aliphatic carbocycles. The van der Waals surface area contributed by atoms with E-state index in [4.69, 9.17) is 0 Å². The molecule has 0 bridgehead atoms. The molecule has 0 heterocycles. The molecule has 0 spiro atoms. The summed E-state index contributed by atoms with van der Waals surface area (Å²) in [7, 11) is 0. The number of thioether (sulfide) groups is 1. The van der Waals surface area contributed by atoms with Gasteiger partial charge in [-0.1, -0.05) is 42.5 Å². The minimum Gasteiger partial charge on any atom is -0.387 e. The normalized spacial score (nSPS) is 15.2. The summed E-state index contributed by atoms with van der Waals surface area (Å²) >= 11 is 1.67. The molecule has 0 atom stereocenters. The lowest BCUT2D eigenvalue weighted by molar-refractivity contribution is -0.121. The number of fused-ring (bicyclic) bond motifs is 1. The van der Waals surface area contributed by atoms with Crippen LogP contribution < -0.4 is 5.32 Å². The van der Waals surface area contributed by atoms with Gasteiger partial charge in [-0.3, -0.25) is 4.79 Å². The Morgan fingerprint density at radius 2 is 1.65 bits per heavy atom. The van der Waals surface area contributed by atoms with Crippen molar-refractivity contribution in [3.05, 3.63) is 65.7 Å². The van der Waals surface area contributed by atoms with E-state index in [0.29, 0.717) is 25.8 Å². The molecule has 0 radical (unpaired) electrons. The molecule has 23 heavy (non-hydrogen) atoms. The van der Waals surface area contributed by atoms with Crippen LogP contribution >= 0.6 is 11.8 Å². The topological polar surface area (TPSA) is 49.3 Å². The number of benzene rings is 2. The van der Waals surface area contributed by atoms with Crippen LogP contribution in [0.15, 0.2) is 59.5 Å². The van der Waals surface area contributed by atoms with Gasteiger partial charge in [-0.25, -0.2) is 0 Å². The molecule has 0 fully saturated rings. The van der Waals surface area contributed by atoms with Gasteiger partial charge < -0.3 is 10.4 Å². The molecule has 0 saturated carbocycles. The van der Waals surface area contributed by atoms with Crippen LogP contribution in [0.5, 0.6) is 0 Å². The van der Waals surface area contributed by atoms with Gasteiger partial charge in [0.15, 0.2) is 0 Å². The highest BCUT2D eigenvalue weighted by atomic mass is 32.2. The fourth-order valence-corrected chi connectivity index (χ4v) is 3.80. The number of rotatable bonds is 6. The van der Waals surface area contributed by atoms with Crippen LogP contribution in [0.1, 0.15) is 17.5 Å². The van der Waals surface area contributed by atoms with E-state index in [-0.39, 0.29) is 5.91 Å². The van der Waals surface area contributed by atoms with E-state index >= 15 is 0 Å². The van der Waals surface area contributed by atoms with Gasteiger partial charge in [-0.05, 0) is 23.3 Å². The summed E-state index contributed by atoms with van der Waals surface area (Å²) in [5.74, 6) is 0.743. The second-order valence-corrected chi connectivity index (χ2v) is 7.20. The minimum absolute atomic E-state index is 0.00203. The first-order valence-electron chi connectivity index (χ1n) is 7.88. The molecule has 1 amide bonds. The van der Waals surface area contributed by atoms with Crippen molar-refractivity contribution in [1.29, 1.82) is 0 Å². The van der Waals surface area contributed by atoms with Gasteiger partial charge in [0.2, 0.25) is 5.91 Å². The molecule has 0 aliphatic heterocycles. The lowest BCUT2D eigenvalue weighted by atomic mass is 10.0. The number of hydrogen-bond acceptors (Lipinski definition) is 3. The Labute approximate surface area is 141 Å². The van der Waals surface area contributed by atoms with Gasteiger partial charge in [-0.15, -0.1) is 11.8 Å². The Morgan fingerprint density at radius 3 is 2.30 bits per heavy atom. The Balaban J connectivity index is 1.41. The molecule has 120 valence electrons. The highest BCUT2D eigenvalue weighted by Crippen LogP contribution is 2.29. The van der Waals surface area contributed by atoms with Crippen LogP contribution in [-0.2, 0) is 17.6 Å². The van der Waals surface area contributed by atoms with Crippen LogP contribution in [0, 0.1) is 0 Å². The first-order valence-corrected chi connectivity index (χ1v) is 8.87. The second-order valence-electron chi connectivity index (χ2n) is 6.03. The van der Waals surface area contributed by atoms with Crippen molar-refractivity contribution in [3.63, 3.8) is 0 Å². The third kappa shape index (κ3) is 4.36. The zero-order valence-electron chi connectivity index (χ0n) is 13.0. The number of carbonyl (C=O) groups is 1. The summed E-state index contributed by atoms with van der Waals surface area (Å²) in [6, 6.07) is 18.1. The highest BCUT2D eigenvalue weighted by molar-refractivity contribution is 7.99. The van der Waals surface area contributed by atoms with E-state index in [1.807, 2.05) is 54.6 Å². The van der Waals surface area contributed by atoms with Crippen molar-refractivity contribution >= 4 is 17.7 Å². The number of aliphatic hydroxyl groups is 1. The predicted molar refractivity (Wildman–Crippen MR) is 93.6 cm³/mol. The number of carbonyl (C=O) groups excluding carboxylic acids is 1. The maximum atomic E-state index is 12.0. The first-order chi connectivity index (χ1) is 11.1. The van der Waals surface area contributed by atoms with Crippen molar-refractivity contribution in [2.45, 2.75) is 29.8 Å². The van der Waals surface area contributed by atoms with Crippen molar-refractivity contribution < 1.29 is 9.90 Å². The van der Waals surface area contributed by atoms with E-state index < -0.39 is 5.60 Å². The average molecular weight is 327 g/mol. The summed E-state index contributed by atoms with van der Waals surface area (Å²) < 4.78 is 0. The smallest absolute Gasteiger partial charge is 0.220 e. The van der Waals surface area contributed by atoms with Crippen LogP contribution in [0.3, 0.4) is 0 Å². The van der Waals surface area contributed by atoms with Gasteiger partial charge >= 0.3 is 0 Å². The summed E-state index contributed by atoms with van der Waals surface area (Å²) in [4.78, 5) is 13.1. The summed E-state index contributed by atoms with van der Waals surface area (Å²) in [5.41, 5.74) is 1.53.